The number of nitrogens with one attached hydrogen (secondary N) is 1. The van der Waals surface area contributed by atoms with Gasteiger partial charge in [-0.05, 0) is 55.5 Å². The first-order valence-electron chi connectivity index (χ1n) is 14.0. The number of carbonyl (C=O) groups excluding carboxylic acids is 2. The number of hydrogen-bond acceptors (Lipinski definition) is 6. The highest BCUT2D eigenvalue weighted by atomic mass is 32.2. The number of benzene rings is 2. The fraction of sp³-hybridized carbons (Fsp3) is 0.400. The van der Waals surface area contributed by atoms with Gasteiger partial charge in [-0.15, -0.1) is 0 Å². The van der Waals surface area contributed by atoms with E-state index in [1.54, 1.807) is 12.1 Å². The largest absolute Gasteiger partial charge is 0.351 e. The third-order valence-electron chi connectivity index (χ3n) is 7.64. The molecule has 2 heterocycles. The minimum atomic E-state index is -3.66. The zero-order chi connectivity index (χ0) is 28.0. The maximum atomic E-state index is 14.0. The van der Waals surface area contributed by atoms with Crippen LogP contribution in [0.1, 0.15) is 73.5 Å². The molecule has 10 heteroatoms. The van der Waals surface area contributed by atoms with E-state index >= 15 is 0 Å². The molecule has 0 unspecified atom stereocenters. The van der Waals surface area contributed by atoms with Gasteiger partial charge in [0, 0.05) is 37.2 Å². The molecule has 2 fully saturated rings. The van der Waals surface area contributed by atoms with Crippen LogP contribution in [0.5, 0.6) is 0 Å². The Morgan fingerprint density at radius 1 is 0.875 bits per heavy atom. The van der Waals surface area contributed by atoms with Crippen LogP contribution >= 0.6 is 0 Å². The van der Waals surface area contributed by atoms with Crippen LogP contribution in [0, 0.1) is 0 Å². The molecule has 1 saturated heterocycles. The monoisotopic (exact) mass is 561 g/mol. The lowest BCUT2D eigenvalue weighted by Crippen LogP contribution is -2.47. The van der Waals surface area contributed by atoms with Gasteiger partial charge in [0.2, 0.25) is 15.9 Å². The summed E-state index contributed by atoms with van der Waals surface area (Å²) in [4.78, 5) is 37.8. The Labute approximate surface area is 235 Å². The Morgan fingerprint density at radius 3 is 2.20 bits per heavy atom. The third kappa shape index (κ3) is 6.23. The summed E-state index contributed by atoms with van der Waals surface area (Å²) in [7, 11) is -3.66. The van der Waals surface area contributed by atoms with E-state index in [1.807, 2.05) is 30.3 Å². The van der Waals surface area contributed by atoms with Gasteiger partial charge in [-0.25, -0.2) is 13.4 Å². The van der Waals surface area contributed by atoms with Crippen LogP contribution in [-0.4, -0.2) is 53.6 Å². The van der Waals surface area contributed by atoms with Crippen molar-refractivity contribution in [3.8, 4) is 0 Å². The van der Waals surface area contributed by atoms with E-state index < -0.39 is 22.0 Å². The molecule has 1 atom stereocenters. The van der Waals surface area contributed by atoms with Crippen LogP contribution in [0.3, 0.4) is 0 Å². The van der Waals surface area contributed by atoms with Gasteiger partial charge < -0.3 is 5.32 Å². The molecule has 0 bridgehead atoms. The predicted octanol–water partition coefficient (Wildman–Crippen LogP) is 4.49. The van der Waals surface area contributed by atoms with Crippen LogP contribution in [0.25, 0.3) is 0 Å². The normalized spacial score (nSPS) is 17.6. The molecule has 0 radical (unpaired) electrons. The Morgan fingerprint density at radius 2 is 1.55 bits per heavy atom. The quantitative estimate of drug-likeness (QED) is 0.434. The maximum absolute atomic E-state index is 14.0. The fourth-order valence-electron chi connectivity index (χ4n) is 5.53. The average molecular weight is 562 g/mol. The van der Waals surface area contributed by atoms with Crippen molar-refractivity contribution in [1.29, 1.82) is 0 Å². The molecule has 2 amide bonds. The average Bonchev–Trinajstić information content (AvgIpc) is 3.01. The molecule has 5 rings (SSSR count). The molecule has 1 aliphatic carbocycles. The second-order valence-corrected chi connectivity index (χ2v) is 12.3. The van der Waals surface area contributed by atoms with Crippen molar-refractivity contribution < 1.29 is 18.0 Å². The van der Waals surface area contributed by atoms with Crippen molar-refractivity contribution in [3.05, 3.63) is 84.4 Å². The number of sulfonamides is 1. The van der Waals surface area contributed by atoms with Crippen LogP contribution in [0.4, 0.5) is 5.69 Å². The van der Waals surface area contributed by atoms with E-state index in [2.05, 4.69) is 15.3 Å². The number of piperidine rings is 1. The highest BCUT2D eigenvalue weighted by molar-refractivity contribution is 7.89. The molecule has 3 aromatic rings. The highest BCUT2D eigenvalue weighted by Crippen LogP contribution is 2.32. The molecule has 0 spiro atoms. The van der Waals surface area contributed by atoms with Gasteiger partial charge in [0.05, 0.1) is 11.1 Å². The van der Waals surface area contributed by atoms with E-state index in [-0.39, 0.29) is 22.5 Å². The smallest absolute Gasteiger partial charge is 0.279 e. The third-order valence-corrected chi connectivity index (χ3v) is 9.56. The van der Waals surface area contributed by atoms with Gasteiger partial charge >= 0.3 is 0 Å². The summed E-state index contributed by atoms with van der Waals surface area (Å²) in [6, 6.07) is 14.4. The molecule has 9 nitrogen and oxygen atoms in total. The molecule has 2 aromatic carbocycles. The molecule has 210 valence electrons. The van der Waals surface area contributed by atoms with Crippen molar-refractivity contribution in [1.82, 2.24) is 19.6 Å². The summed E-state index contributed by atoms with van der Waals surface area (Å²) in [5.41, 5.74) is 1.11. The maximum Gasteiger partial charge on any atom is 0.279 e. The van der Waals surface area contributed by atoms with Gasteiger partial charge in [-0.2, -0.15) is 4.31 Å². The van der Waals surface area contributed by atoms with Crippen LogP contribution in [0.15, 0.2) is 78.1 Å². The Balaban J connectivity index is 1.54. The van der Waals surface area contributed by atoms with E-state index in [0.29, 0.717) is 24.3 Å². The summed E-state index contributed by atoms with van der Waals surface area (Å²) in [5.74, 6) is -0.798. The fourth-order valence-corrected chi connectivity index (χ4v) is 7.05. The van der Waals surface area contributed by atoms with E-state index in [0.717, 1.165) is 51.4 Å². The summed E-state index contributed by atoms with van der Waals surface area (Å²) < 4.78 is 28.1. The molecule has 1 aromatic heterocycles. The van der Waals surface area contributed by atoms with Gasteiger partial charge in [-0.1, -0.05) is 56.0 Å². The number of carbonyl (C=O) groups is 2. The molecular formula is C30H35N5O4S. The first kappa shape index (κ1) is 27.9. The summed E-state index contributed by atoms with van der Waals surface area (Å²) in [6.45, 7) is 0.998. The van der Waals surface area contributed by atoms with Crippen molar-refractivity contribution in [2.75, 3.05) is 18.0 Å². The second-order valence-electron chi connectivity index (χ2n) is 10.4. The number of hydrogen-bond donors (Lipinski definition) is 1. The van der Waals surface area contributed by atoms with Gasteiger partial charge in [-0.3, -0.25) is 19.5 Å². The van der Waals surface area contributed by atoms with Crippen LogP contribution < -0.4 is 10.2 Å². The predicted molar refractivity (Wildman–Crippen MR) is 152 cm³/mol. The summed E-state index contributed by atoms with van der Waals surface area (Å²) in [6.07, 6.45) is 12.0. The first-order valence-corrected chi connectivity index (χ1v) is 15.4. The molecule has 1 N–H and O–H groups in total. The zero-order valence-corrected chi connectivity index (χ0v) is 23.3. The van der Waals surface area contributed by atoms with Crippen LogP contribution in [-0.2, 0) is 14.8 Å². The highest BCUT2D eigenvalue weighted by Gasteiger charge is 2.35. The lowest BCUT2D eigenvalue weighted by atomic mass is 9.94. The zero-order valence-electron chi connectivity index (χ0n) is 22.5. The summed E-state index contributed by atoms with van der Waals surface area (Å²) in [5, 5.41) is 3.18. The lowest BCUT2D eigenvalue weighted by Gasteiger charge is -2.33. The van der Waals surface area contributed by atoms with Gasteiger partial charge in [0.15, 0.2) is 0 Å². The molecule has 2 aliphatic rings. The van der Waals surface area contributed by atoms with Crippen molar-refractivity contribution in [2.24, 2.45) is 0 Å². The minimum Gasteiger partial charge on any atom is -0.351 e. The SMILES string of the molecule is O=C(NC1CCCCC1)[C@@H](c1ccccc1)N(C(=O)c1cnccn1)c1ccc(S(=O)(=O)N2CCCCC2)cc1. The lowest BCUT2D eigenvalue weighted by molar-refractivity contribution is -0.123. The number of anilines is 1. The van der Waals surface area contributed by atoms with E-state index in [9.17, 15) is 18.0 Å². The standard InChI is InChI=1S/C30H35N5O4S/c36-29(33-24-12-6-2-7-13-24)28(23-10-4-1-5-11-23)35(30(37)27-22-31-18-19-32-27)25-14-16-26(17-15-25)40(38,39)34-20-8-3-9-21-34/h1,4-5,10-11,14-19,22,24,28H,2-3,6-9,12-13,20-21H2,(H,33,36)/t28-/m1/s1. The van der Waals surface area contributed by atoms with Crippen molar-refractivity contribution in [3.63, 3.8) is 0 Å². The van der Waals surface area contributed by atoms with Crippen molar-refractivity contribution >= 4 is 27.5 Å². The number of aromatic nitrogens is 2. The van der Waals surface area contributed by atoms with Crippen LogP contribution in [0.2, 0.25) is 0 Å². The Kier molecular flexibility index (Phi) is 8.86. The summed E-state index contributed by atoms with van der Waals surface area (Å²) >= 11 is 0. The second kappa shape index (κ2) is 12.7. The van der Waals surface area contributed by atoms with E-state index in [1.165, 1.54) is 39.9 Å². The molecular weight excluding hydrogens is 526 g/mol. The number of rotatable bonds is 8. The first-order chi connectivity index (χ1) is 19.4. The number of amides is 2. The number of nitrogens with zero attached hydrogens (tertiary/aromatic N) is 4. The van der Waals surface area contributed by atoms with Gasteiger partial charge in [0.25, 0.3) is 5.91 Å². The van der Waals surface area contributed by atoms with Gasteiger partial charge in [0.1, 0.15) is 11.7 Å². The Bertz CT molecular complexity index is 1390. The Hall–Kier alpha value is -3.63. The molecule has 1 aliphatic heterocycles. The topological polar surface area (TPSA) is 113 Å². The van der Waals surface area contributed by atoms with E-state index in [4.69, 9.17) is 0 Å². The minimum absolute atomic E-state index is 0.0398. The molecule has 40 heavy (non-hydrogen) atoms. The molecule has 1 saturated carbocycles. The van der Waals surface area contributed by atoms with Crippen molar-refractivity contribution in [2.45, 2.75) is 68.3 Å².